The van der Waals surface area contributed by atoms with Gasteiger partial charge in [0.15, 0.2) is 17.3 Å². The number of ether oxygens (including phenoxy) is 1. The van der Waals surface area contributed by atoms with Crippen LogP contribution in [0.25, 0.3) is 0 Å². The van der Waals surface area contributed by atoms with Crippen LogP contribution in [0.4, 0.5) is 4.39 Å². The molecule has 18 heavy (non-hydrogen) atoms. The Hall–Kier alpha value is -1.38. The van der Waals surface area contributed by atoms with Gasteiger partial charge in [-0.2, -0.15) is 0 Å². The Labute approximate surface area is 107 Å². The molecule has 1 fully saturated rings. The number of methoxy groups -OCH3 is 1. The Morgan fingerprint density at radius 3 is 2.83 bits per heavy atom. The first-order chi connectivity index (χ1) is 8.61. The van der Waals surface area contributed by atoms with Gasteiger partial charge in [0.1, 0.15) is 0 Å². The third kappa shape index (κ3) is 2.71. The zero-order valence-corrected chi connectivity index (χ0v) is 10.9. The number of benzene rings is 1. The van der Waals surface area contributed by atoms with E-state index in [2.05, 4.69) is 6.92 Å². The third-order valence-corrected chi connectivity index (χ3v) is 3.74. The molecule has 1 aliphatic rings. The maximum absolute atomic E-state index is 13.3. The summed E-state index contributed by atoms with van der Waals surface area (Å²) in [5.41, 5.74) is 0.562. The van der Waals surface area contributed by atoms with Gasteiger partial charge >= 0.3 is 0 Å². The summed E-state index contributed by atoms with van der Waals surface area (Å²) in [6.07, 6.45) is 4.20. The lowest BCUT2D eigenvalue weighted by atomic mass is 9.79. The fourth-order valence-electron chi connectivity index (χ4n) is 2.72. The van der Waals surface area contributed by atoms with E-state index in [0.29, 0.717) is 11.5 Å². The molecule has 98 valence electrons. The van der Waals surface area contributed by atoms with Crippen molar-refractivity contribution in [2.45, 2.75) is 32.6 Å². The van der Waals surface area contributed by atoms with Gasteiger partial charge in [-0.15, -0.1) is 0 Å². The van der Waals surface area contributed by atoms with Crippen LogP contribution in [0.15, 0.2) is 18.2 Å². The molecule has 0 spiro atoms. The van der Waals surface area contributed by atoms with E-state index in [1.54, 1.807) is 6.07 Å². The highest BCUT2D eigenvalue weighted by Crippen LogP contribution is 2.31. The largest absolute Gasteiger partial charge is 0.494 e. The highest BCUT2D eigenvalue weighted by atomic mass is 19.1. The van der Waals surface area contributed by atoms with Crippen molar-refractivity contribution < 1.29 is 13.9 Å². The Morgan fingerprint density at radius 1 is 1.39 bits per heavy atom. The lowest BCUT2D eigenvalue weighted by Crippen LogP contribution is -2.21. The summed E-state index contributed by atoms with van der Waals surface area (Å²) < 4.78 is 18.2. The lowest BCUT2D eigenvalue weighted by Gasteiger charge is -2.25. The minimum absolute atomic E-state index is 0.0870. The SMILES string of the molecule is COc1cc(C(=O)C2CCCC(C)C2)ccc1F. The third-order valence-electron chi connectivity index (χ3n) is 3.74. The van der Waals surface area contributed by atoms with Crippen molar-refractivity contribution in [3.63, 3.8) is 0 Å². The lowest BCUT2D eigenvalue weighted by molar-refractivity contribution is 0.0868. The molecule has 1 aromatic carbocycles. The first kappa shape index (κ1) is 13.1. The second kappa shape index (κ2) is 5.51. The molecular formula is C15H19FO2. The van der Waals surface area contributed by atoms with E-state index in [9.17, 15) is 9.18 Å². The number of carbonyl (C=O) groups is 1. The molecular weight excluding hydrogens is 231 g/mol. The Bertz CT molecular complexity index is 442. The highest BCUT2D eigenvalue weighted by Gasteiger charge is 2.26. The number of Topliss-reactive ketones (excluding diaryl/α,β-unsaturated/α-hetero) is 1. The Kier molecular flexibility index (Phi) is 4.00. The van der Waals surface area contributed by atoms with Gasteiger partial charge in [-0.05, 0) is 37.0 Å². The second-order valence-electron chi connectivity index (χ2n) is 5.18. The van der Waals surface area contributed by atoms with Gasteiger partial charge in [-0.25, -0.2) is 4.39 Å². The molecule has 2 atom stereocenters. The van der Waals surface area contributed by atoms with Crippen molar-refractivity contribution in [2.75, 3.05) is 7.11 Å². The molecule has 1 saturated carbocycles. The van der Waals surface area contributed by atoms with Crippen LogP contribution in [-0.2, 0) is 0 Å². The van der Waals surface area contributed by atoms with Gasteiger partial charge in [-0.1, -0.05) is 19.8 Å². The number of hydrogen-bond acceptors (Lipinski definition) is 2. The van der Waals surface area contributed by atoms with E-state index < -0.39 is 5.82 Å². The van der Waals surface area contributed by atoms with E-state index in [1.165, 1.54) is 25.7 Å². The number of hydrogen-bond donors (Lipinski definition) is 0. The second-order valence-corrected chi connectivity index (χ2v) is 5.18. The summed E-state index contributed by atoms with van der Waals surface area (Å²) in [6.45, 7) is 2.19. The zero-order valence-electron chi connectivity index (χ0n) is 10.9. The molecule has 1 aliphatic carbocycles. The zero-order chi connectivity index (χ0) is 13.1. The van der Waals surface area contributed by atoms with Gasteiger partial charge in [0.2, 0.25) is 0 Å². The number of ketones is 1. The molecule has 0 aliphatic heterocycles. The van der Waals surface area contributed by atoms with Crippen LogP contribution in [-0.4, -0.2) is 12.9 Å². The van der Waals surface area contributed by atoms with Gasteiger partial charge in [0, 0.05) is 11.5 Å². The molecule has 0 N–H and O–H groups in total. The molecule has 0 radical (unpaired) electrons. The monoisotopic (exact) mass is 250 g/mol. The molecule has 3 heteroatoms. The number of halogens is 1. The van der Waals surface area contributed by atoms with Crippen LogP contribution in [0.5, 0.6) is 5.75 Å². The van der Waals surface area contributed by atoms with E-state index >= 15 is 0 Å². The van der Waals surface area contributed by atoms with Crippen LogP contribution < -0.4 is 4.74 Å². The molecule has 0 amide bonds. The van der Waals surface area contributed by atoms with E-state index in [-0.39, 0.29) is 17.5 Å². The van der Waals surface area contributed by atoms with E-state index in [4.69, 9.17) is 4.74 Å². The summed E-state index contributed by atoms with van der Waals surface area (Å²) in [5, 5.41) is 0. The molecule has 0 bridgehead atoms. The maximum Gasteiger partial charge on any atom is 0.166 e. The molecule has 0 aromatic heterocycles. The summed E-state index contributed by atoms with van der Waals surface area (Å²) in [5.74, 6) is 0.537. The van der Waals surface area contributed by atoms with Crippen LogP contribution in [0, 0.1) is 17.7 Å². The van der Waals surface area contributed by atoms with Crippen LogP contribution in [0.3, 0.4) is 0 Å². The molecule has 2 nitrogen and oxygen atoms in total. The fourth-order valence-corrected chi connectivity index (χ4v) is 2.72. The fraction of sp³-hybridized carbons (Fsp3) is 0.533. The van der Waals surface area contributed by atoms with Gasteiger partial charge in [0.05, 0.1) is 7.11 Å². The van der Waals surface area contributed by atoms with Crippen molar-refractivity contribution in [2.24, 2.45) is 11.8 Å². The highest BCUT2D eigenvalue weighted by molar-refractivity contribution is 5.98. The molecule has 0 heterocycles. The smallest absolute Gasteiger partial charge is 0.166 e. The number of rotatable bonds is 3. The summed E-state index contributed by atoms with van der Waals surface area (Å²) in [4.78, 5) is 12.3. The minimum Gasteiger partial charge on any atom is -0.494 e. The average molecular weight is 250 g/mol. The molecule has 2 rings (SSSR count). The quantitative estimate of drug-likeness (QED) is 0.762. The van der Waals surface area contributed by atoms with Crippen LogP contribution >= 0.6 is 0 Å². The van der Waals surface area contributed by atoms with E-state index in [0.717, 1.165) is 19.3 Å². The Morgan fingerprint density at radius 2 is 2.17 bits per heavy atom. The van der Waals surface area contributed by atoms with Gasteiger partial charge in [0.25, 0.3) is 0 Å². The number of carbonyl (C=O) groups excluding carboxylic acids is 1. The normalized spacial score (nSPS) is 23.7. The minimum atomic E-state index is -0.425. The predicted octanol–water partition coefficient (Wildman–Crippen LogP) is 3.84. The van der Waals surface area contributed by atoms with Crippen molar-refractivity contribution in [3.05, 3.63) is 29.6 Å². The predicted molar refractivity (Wildman–Crippen MR) is 68.4 cm³/mol. The van der Waals surface area contributed by atoms with Crippen LogP contribution in [0.2, 0.25) is 0 Å². The van der Waals surface area contributed by atoms with Crippen molar-refractivity contribution in [3.8, 4) is 5.75 Å². The van der Waals surface area contributed by atoms with Gasteiger partial charge in [-0.3, -0.25) is 4.79 Å². The maximum atomic E-state index is 13.3. The average Bonchev–Trinajstić information content (AvgIpc) is 2.38. The molecule has 0 saturated heterocycles. The van der Waals surface area contributed by atoms with E-state index in [1.807, 2.05) is 0 Å². The standard InChI is InChI=1S/C15H19FO2/c1-10-4-3-5-11(8-10)15(17)12-6-7-13(16)14(9-12)18-2/h6-7,9-11H,3-5,8H2,1-2H3. The molecule has 2 unspecified atom stereocenters. The first-order valence-corrected chi connectivity index (χ1v) is 6.49. The van der Waals surface area contributed by atoms with Crippen LogP contribution in [0.1, 0.15) is 43.0 Å². The van der Waals surface area contributed by atoms with Gasteiger partial charge < -0.3 is 4.74 Å². The summed E-state index contributed by atoms with van der Waals surface area (Å²) in [7, 11) is 1.41. The van der Waals surface area contributed by atoms with Crippen molar-refractivity contribution in [1.82, 2.24) is 0 Å². The summed E-state index contributed by atoms with van der Waals surface area (Å²) in [6, 6.07) is 4.37. The van der Waals surface area contributed by atoms with Crippen molar-refractivity contribution in [1.29, 1.82) is 0 Å². The van der Waals surface area contributed by atoms with Crippen molar-refractivity contribution >= 4 is 5.78 Å². The first-order valence-electron chi connectivity index (χ1n) is 6.49. The molecule has 1 aromatic rings. The topological polar surface area (TPSA) is 26.3 Å². The Balaban J connectivity index is 2.17. The summed E-state index contributed by atoms with van der Waals surface area (Å²) >= 11 is 0.